The maximum Gasteiger partial charge on any atom is 0.340 e. The molecule has 0 bridgehead atoms. The Hall–Kier alpha value is -3.81. The summed E-state index contributed by atoms with van der Waals surface area (Å²) in [5.41, 5.74) is 1.15. The molecule has 0 aliphatic heterocycles. The molecule has 0 atom stereocenters. The summed E-state index contributed by atoms with van der Waals surface area (Å²) < 4.78 is 11.9. The van der Waals surface area contributed by atoms with Gasteiger partial charge in [0.15, 0.2) is 6.61 Å². The van der Waals surface area contributed by atoms with Crippen LogP contribution in [0.5, 0.6) is 0 Å². The van der Waals surface area contributed by atoms with Crippen LogP contribution in [0.2, 0.25) is 0 Å². The maximum atomic E-state index is 12.3. The number of nitrogens with one attached hydrogen (secondary N) is 2. The number of aryl methyl sites for hydroxylation is 1. The third kappa shape index (κ3) is 4.67. The molecule has 3 aromatic rings. The highest BCUT2D eigenvalue weighted by Crippen LogP contribution is 2.17. The zero-order chi connectivity index (χ0) is 19.9. The van der Waals surface area contributed by atoms with Gasteiger partial charge >= 0.3 is 5.97 Å². The van der Waals surface area contributed by atoms with Gasteiger partial charge in [0, 0.05) is 18.9 Å². The molecule has 2 heterocycles. The van der Waals surface area contributed by atoms with Crippen LogP contribution in [-0.2, 0) is 23.1 Å². The Kier molecular flexibility index (Phi) is 5.91. The predicted molar refractivity (Wildman–Crippen MR) is 101 cm³/mol. The number of amides is 2. The van der Waals surface area contributed by atoms with Gasteiger partial charge in [0.25, 0.3) is 11.8 Å². The number of aromatic nitrogens is 1. The van der Waals surface area contributed by atoms with Gasteiger partial charge in [-0.1, -0.05) is 12.1 Å². The van der Waals surface area contributed by atoms with Crippen LogP contribution in [-0.4, -0.2) is 29.0 Å². The molecule has 0 aliphatic rings. The molecule has 2 amide bonds. The Morgan fingerprint density at radius 2 is 1.89 bits per heavy atom. The lowest BCUT2D eigenvalue weighted by Gasteiger charge is -2.11. The molecule has 144 valence electrons. The summed E-state index contributed by atoms with van der Waals surface area (Å²) in [6.07, 6.45) is 3.25. The van der Waals surface area contributed by atoms with Crippen LogP contribution < -0.4 is 10.6 Å². The molecular weight excluding hydrogens is 362 g/mol. The molecule has 2 aromatic heterocycles. The molecule has 3 rings (SSSR count). The zero-order valence-corrected chi connectivity index (χ0v) is 15.2. The number of esters is 1. The normalized spacial score (nSPS) is 10.3. The SMILES string of the molecule is Cn1cccc1C(=O)NC(=O)COC(=O)c1ccccc1NCc1ccco1. The van der Waals surface area contributed by atoms with Crippen LogP contribution in [0.4, 0.5) is 5.69 Å². The lowest BCUT2D eigenvalue weighted by Crippen LogP contribution is -2.35. The Bertz CT molecular complexity index is 975. The van der Waals surface area contributed by atoms with Crippen molar-refractivity contribution in [2.45, 2.75) is 6.54 Å². The Balaban J connectivity index is 1.55. The van der Waals surface area contributed by atoms with E-state index in [-0.39, 0.29) is 5.56 Å². The molecule has 0 aliphatic carbocycles. The minimum atomic E-state index is -0.708. The topological polar surface area (TPSA) is 103 Å². The molecule has 0 fully saturated rings. The highest BCUT2D eigenvalue weighted by molar-refractivity contribution is 6.05. The van der Waals surface area contributed by atoms with Crippen molar-refractivity contribution in [2.75, 3.05) is 11.9 Å². The molecule has 0 unspecified atom stereocenters. The molecule has 0 saturated carbocycles. The summed E-state index contributed by atoms with van der Waals surface area (Å²) in [5, 5.41) is 5.27. The lowest BCUT2D eigenvalue weighted by atomic mass is 10.2. The Labute approximate surface area is 161 Å². The van der Waals surface area contributed by atoms with Crippen LogP contribution in [0.15, 0.2) is 65.4 Å². The molecular formula is C20H19N3O5. The number of carbonyl (C=O) groups excluding carboxylic acids is 3. The van der Waals surface area contributed by atoms with Gasteiger partial charge in [0.1, 0.15) is 11.5 Å². The standard InChI is InChI=1S/C20H19N3O5/c1-23-10-4-9-17(23)19(25)22-18(24)13-28-20(26)15-7-2-3-8-16(15)21-12-14-6-5-11-27-14/h2-11,21H,12-13H2,1H3,(H,22,24,25). The van der Waals surface area contributed by atoms with E-state index in [1.807, 2.05) is 6.07 Å². The van der Waals surface area contributed by atoms with E-state index in [2.05, 4.69) is 10.6 Å². The van der Waals surface area contributed by atoms with Gasteiger partial charge in [-0.2, -0.15) is 0 Å². The van der Waals surface area contributed by atoms with Crippen molar-refractivity contribution in [1.29, 1.82) is 0 Å². The van der Waals surface area contributed by atoms with Gasteiger partial charge in [0.2, 0.25) is 0 Å². The lowest BCUT2D eigenvalue weighted by molar-refractivity contribution is -0.123. The third-order valence-electron chi connectivity index (χ3n) is 3.94. The summed E-state index contributed by atoms with van der Waals surface area (Å²) in [7, 11) is 1.69. The second-order valence-electron chi connectivity index (χ2n) is 5.94. The summed E-state index contributed by atoms with van der Waals surface area (Å²) in [6.45, 7) is -0.176. The molecule has 8 nitrogen and oxygen atoms in total. The number of hydrogen-bond acceptors (Lipinski definition) is 6. The number of anilines is 1. The number of carbonyl (C=O) groups is 3. The van der Waals surface area contributed by atoms with Gasteiger partial charge in [-0.25, -0.2) is 4.79 Å². The largest absolute Gasteiger partial charge is 0.467 e. The molecule has 0 radical (unpaired) electrons. The molecule has 1 aromatic carbocycles. The number of hydrogen-bond donors (Lipinski definition) is 2. The Morgan fingerprint density at radius 3 is 2.61 bits per heavy atom. The monoisotopic (exact) mass is 381 g/mol. The minimum Gasteiger partial charge on any atom is -0.467 e. The van der Waals surface area contributed by atoms with E-state index in [0.717, 1.165) is 0 Å². The fourth-order valence-corrected chi connectivity index (χ4v) is 2.54. The van der Waals surface area contributed by atoms with Crippen LogP contribution in [0, 0.1) is 0 Å². The van der Waals surface area contributed by atoms with Gasteiger partial charge in [0.05, 0.1) is 18.4 Å². The summed E-state index contributed by atoms with van der Waals surface area (Å²) >= 11 is 0. The van der Waals surface area contributed by atoms with Crippen LogP contribution in [0.1, 0.15) is 26.6 Å². The summed E-state index contributed by atoms with van der Waals surface area (Å²) in [5.74, 6) is -1.24. The van der Waals surface area contributed by atoms with Crippen molar-refractivity contribution in [3.8, 4) is 0 Å². The van der Waals surface area contributed by atoms with E-state index >= 15 is 0 Å². The third-order valence-corrected chi connectivity index (χ3v) is 3.94. The van der Waals surface area contributed by atoms with Crippen molar-refractivity contribution in [3.63, 3.8) is 0 Å². The first-order valence-electron chi connectivity index (χ1n) is 8.52. The number of furan rings is 1. The summed E-state index contributed by atoms with van der Waals surface area (Å²) in [6, 6.07) is 13.6. The number of ether oxygens (including phenoxy) is 1. The van der Waals surface area contributed by atoms with Crippen molar-refractivity contribution in [3.05, 3.63) is 78.0 Å². The maximum absolute atomic E-state index is 12.3. The van der Waals surface area contributed by atoms with Gasteiger partial charge < -0.3 is 19.0 Å². The highest BCUT2D eigenvalue weighted by atomic mass is 16.5. The Morgan fingerprint density at radius 1 is 1.07 bits per heavy atom. The van der Waals surface area contributed by atoms with Crippen molar-refractivity contribution in [2.24, 2.45) is 7.05 Å². The number of rotatable bonds is 7. The smallest absolute Gasteiger partial charge is 0.340 e. The van der Waals surface area contributed by atoms with Gasteiger partial charge in [-0.05, 0) is 36.4 Å². The van der Waals surface area contributed by atoms with Crippen molar-refractivity contribution >= 4 is 23.5 Å². The highest BCUT2D eigenvalue weighted by Gasteiger charge is 2.17. The first-order chi connectivity index (χ1) is 13.5. The van der Waals surface area contributed by atoms with E-state index in [1.54, 1.807) is 66.5 Å². The molecule has 8 heteroatoms. The van der Waals surface area contributed by atoms with Gasteiger partial charge in [-0.3, -0.25) is 14.9 Å². The zero-order valence-electron chi connectivity index (χ0n) is 15.2. The van der Waals surface area contributed by atoms with Crippen LogP contribution >= 0.6 is 0 Å². The predicted octanol–water partition coefficient (Wildman–Crippen LogP) is 2.34. The van der Waals surface area contributed by atoms with Crippen LogP contribution in [0.25, 0.3) is 0 Å². The van der Waals surface area contributed by atoms with E-state index in [0.29, 0.717) is 23.7 Å². The van der Waals surface area contributed by atoms with Gasteiger partial charge in [-0.15, -0.1) is 0 Å². The first-order valence-corrected chi connectivity index (χ1v) is 8.52. The summed E-state index contributed by atoms with van der Waals surface area (Å²) in [4.78, 5) is 36.3. The molecule has 2 N–H and O–H groups in total. The second-order valence-corrected chi connectivity index (χ2v) is 5.94. The fraction of sp³-hybridized carbons (Fsp3) is 0.150. The number of benzene rings is 1. The number of imide groups is 1. The molecule has 28 heavy (non-hydrogen) atoms. The van der Waals surface area contributed by atoms with E-state index in [9.17, 15) is 14.4 Å². The average molecular weight is 381 g/mol. The van der Waals surface area contributed by atoms with E-state index < -0.39 is 24.4 Å². The fourth-order valence-electron chi connectivity index (χ4n) is 2.54. The van der Waals surface area contributed by atoms with E-state index in [1.165, 1.54) is 0 Å². The minimum absolute atomic E-state index is 0.274. The first kappa shape index (κ1) is 19.0. The van der Waals surface area contributed by atoms with Crippen molar-refractivity contribution in [1.82, 2.24) is 9.88 Å². The van der Waals surface area contributed by atoms with E-state index in [4.69, 9.17) is 9.15 Å². The average Bonchev–Trinajstić information content (AvgIpc) is 3.36. The second kappa shape index (κ2) is 8.72. The van der Waals surface area contributed by atoms with Crippen LogP contribution in [0.3, 0.4) is 0 Å². The molecule has 0 saturated heterocycles. The van der Waals surface area contributed by atoms with Crippen molar-refractivity contribution < 1.29 is 23.5 Å². The quantitative estimate of drug-likeness (QED) is 0.609. The number of para-hydroxylation sites is 1. The number of nitrogens with zero attached hydrogens (tertiary/aromatic N) is 1. The molecule has 0 spiro atoms.